The Morgan fingerprint density at radius 3 is 2.14 bits per heavy atom. The van der Waals surface area contributed by atoms with E-state index in [0.29, 0.717) is 18.2 Å². The van der Waals surface area contributed by atoms with E-state index in [4.69, 9.17) is 0 Å². The first-order valence-corrected chi connectivity index (χ1v) is 14.5. The van der Waals surface area contributed by atoms with Gasteiger partial charge in [0.25, 0.3) is 5.91 Å². The molecule has 0 bridgehead atoms. The molecule has 0 aromatic heterocycles. The summed E-state index contributed by atoms with van der Waals surface area (Å²) in [6, 6.07) is 24.7. The maximum atomic E-state index is 12.7. The smallest absolute Gasteiger partial charge is 0.251 e. The molecule has 0 aliphatic carbocycles. The Bertz CT molecular complexity index is 1210. The second-order valence-corrected chi connectivity index (χ2v) is 11.3. The van der Waals surface area contributed by atoms with E-state index in [1.807, 2.05) is 30.3 Å². The van der Waals surface area contributed by atoms with Gasteiger partial charge in [-0.3, -0.25) is 9.69 Å². The van der Waals surface area contributed by atoms with Gasteiger partial charge in [0, 0.05) is 37.8 Å². The lowest BCUT2D eigenvalue weighted by Crippen LogP contribution is -2.38. The maximum Gasteiger partial charge on any atom is 0.251 e. The van der Waals surface area contributed by atoms with Crippen LogP contribution in [-0.4, -0.2) is 38.4 Å². The number of amides is 1. The SMILES string of the molecule is CCCCc1ccc(S(=O)(=O)NCc2ccc(C(=O)NCCN(Cc3ccccc3)C(C)C)cc2)cc1. The number of carbonyl (C=O) groups excluding carboxylic acids is 1. The number of carbonyl (C=O) groups is 1. The molecule has 0 heterocycles. The van der Waals surface area contributed by atoms with Crippen LogP contribution in [0.15, 0.2) is 83.8 Å². The average Bonchev–Trinajstić information content (AvgIpc) is 2.91. The quantitative estimate of drug-likeness (QED) is 0.308. The van der Waals surface area contributed by atoms with Crippen molar-refractivity contribution in [3.63, 3.8) is 0 Å². The molecule has 0 atom stereocenters. The summed E-state index contributed by atoms with van der Waals surface area (Å²) in [5, 5.41) is 2.99. The minimum absolute atomic E-state index is 0.140. The molecule has 3 aromatic rings. The minimum atomic E-state index is -3.61. The number of hydrogen-bond acceptors (Lipinski definition) is 4. The van der Waals surface area contributed by atoms with Crippen LogP contribution in [0.25, 0.3) is 0 Å². The molecule has 0 aliphatic rings. The third-order valence-corrected chi connectivity index (χ3v) is 7.80. The van der Waals surface area contributed by atoms with Crippen molar-refractivity contribution in [3.8, 4) is 0 Å². The number of sulfonamides is 1. The molecule has 1 amide bonds. The maximum absolute atomic E-state index is 12.7. The summed E-state index contributed by atoms with van der Waals surface area (Å²) in [5.41, 5.74) is 3.72. The van der Waals surface area contributed by atoms with Crippen molar-refractivity contribution in [3.05, 3.63) is 101 Å². The number of unbranched alkanes of at least 4 members (excludes halogenated alkanes) is 1. The van der Waals surface area contributed by atoms with Gasteiger partial charge in [0.05, 0.1) is 4.90 Å². The summed E-state index contributed by atoms with van der Waals surface area (Å²) in [4.78, 5) is 15.2. The number of nitrogens with zero attached hydrogens (tertiary/aromatic N) is 1. The zero-order valence-corrected chi connectivity index (χ0v) is 22.9. The van der Waals surface area contributed by atoms with E-state index < -0.39 is 10.0 Å². The van der Waals surface area contributed by atoms with Crippen molar-refractivity contribution < 1.29 is 13.2 Å². The Balaban J connectivity index is 1.47. The fourth-order valence-corrected chi connectivity index (χ4v) is 5.02. The van der Waals surface area contributed by atoms with Crippen LogP contribution in [0.1, 0.15) is 60.7 Å². The highest BCUT2D eigenvalue weighted by atomic mass is 32.2. The van der Waals surface area contributed by atoms with Crippen molar-refractivity contribution in [2.75, 3.05) is 13.1 Å². The molecule has 0 spiro atoms. The Labute approximate surface area is 222 Å². The van der Waals surface area contributed by atoms with Crippen LogP contribution in [0.3, 0.4) is 0 Å². The van der Waals surface area contributed by atoms with Gasteiger partial charge in [0.1, 0.15) is 0 Å². The van der Waals surface area contributed by atoms with Crippen LogP contribution in [0, 0.1) is 0 Å². The summed E-state index contributed by atoms with van der Waals surface area (Å²) in [7, 11) is -3.61. The molecular weight excluding hydrogens is 482 g/mol. The molecule has 0 saturated heterocycles. The highest BCUT2D eigenvalue weighted by Gasteiger charge is 2.14. The normalized spacial score (nSPS) is 11.7. The minimum Gasteiger partial charge on any atom is -0.351 e. The van der Waals surface area contributed by atoms with Crippen molar-refractivity contribution >= 4 is 15.9 Å². The van der Waals surface area contributed by atoms with Crippen LogP contribution in [0.4, 0.5) is 0 Å². The fraction of sp³-hybridized carbons (Fsp3) is 0.367. The summed E-state index contributed by atoms with van der Waals surface area (Å²) in [6.07, 6.45) is 3.14. The molecule has 6 nitrogen and oxygen atoms in total. The monoisotopic (exact) mass is 521 g/mol. The predicted molar refractivity (Wildman–Crippen MR) is 150 cm³/mol. The van der Waals surface area contributed by atoms with Gasteiger partial charge in [-0.1, -0.05) is 67.9 Å². The lowest BCUT2D eigenvalue weighted by molar-refractivity contribution is 0.0944. The molecular formula is C30H39N3O3S. The highest BCUT2D eigenvalue weighted by Crippen LogP contribution is 2.14. The van der Waals surface area contributed by atoms with Crippen molar-refractivity contribution in [2.24, 2.45) is 0 Å². The zero-order valence-electron chi connectivity index (χ0n) is 22.1. The molecule has 0 unspecified atom stereocenters. The third kappa shape index (κ3) is 9.11. The van der Waals surface area contributed by atoms with E-state index in [-0.39, 0.29) is 17.3 Å². The van der Waals surface area contributed by atoms with Gasteiger partial charge >= 0.3 is 0 Å². The number of benzene rings is 3. The van der Waals surface area contributed by atoms with E-state index in [0.717, 1.165) is 43.5 Å². The Morgan fingerprint density at radius 2 is 1.51 bits per heavy atom. The van der Waals surface area contributed by atoms with E-state index >= 15 is 0 Å². The fourth-order valence-electron chi connectivity index (χ4n) is 4.00. The number of hydrogen-bond donors (Lipinski definition) is 2. The van der Waals surface area contributed by atoms with Crippen LogP contribution in [0.5, 0.6) is 0 Å². The van der Waals surface area contributed by atoms with Crippen LogP contribution < -0.4 is 10.0 Å². The zero-order chi connectivity index (χ0) is 26.7. The largest absolute Gasteiger partial charge is 0.351 e. The topological polar surface area (TPSA) is 78.5 Å². The van der Waals surface area contributed by atoms with E-state index in [1.165, 1.54) is 5.56 Å². The van der Waals surface area contributed by atoms with Gasteiger partial charge in [-0.15, -0.1) is 0 Å². The lowest BCUT2D eigenvalue weighted by atomic mass is 10.1. The summed E-state index contributed by atoms with van der Waals surface area (Å²) >= 11 is 0. The molecule has 37 heavy (non-hydrogen) atoms. The Kier molecular flexibility index (Phi) is 10.9. The molecule has 0 saturated carbocycles. The second kappa shape index (κ2) is 14.1. The van der Waals surface area contributed by atoms with Crippen LogP contribution in [-0.2, 0) is 29.5 Å². The van der Waals surface area contributed by atoms with E-state index in [2.05, 4.69) is 47.8 Å². The average molecular weight is 522 g/mol. The molecule has 7 heteroatoms. The molecule has 0 fully saturated rings. The van der Waals surface area contributed by atoms with Crippen LogP contribution >= 0.6 is 0 Å². The van der Waals surface area contributed by atoms with Crippen molar-refractivity contribution in [1.29, 1.82) is 0 Å². The summed E-state index contributed by atoms with van der Waals surface area (Å²) in [6.45, 7) is 8.73. The van der Waals surface area contributed by atoms with Gasteiger partial charge in [-0.25, -0.2) is 13.1 Å². The van der Waals surface area contributed by atoms with Crippen molar-refractivity contribution in [2.45, 2.75) is 64.1 Å². The van der Waals surface area contributed by atoms with Gasteiger partial charge in [0.2, 0.25) is 10.0 Å². The van der Waals surface area contributed by atoms with Gasteiger partial charge in [-0.2, -0.15) is 0 Å². The summed E-state index contributed by atoms with van der Waals surface area (Å²) in [5.74, 6) is -0.140. The number of aryl methyl sites for hydroxylation is 1. The van der Waals surface area contributed by atoms with Crippen LogP contribution in [0.2, 0.25) is 0 Å². The molecule has 2 N–H and O–H groups in total. The first-order chi connectivity index (χ1) is 17.8. The lowest BCUT2D eigenvalue weighted by Gasteiger charge is -2.26. The van der Waals surface area contributed by atoms with E-state index in [1.54, 1.807) is 36.4 Å². The second-order valence-electron chi connectivity index (χ2n) is 9.57. The van der Waals surface area contributed by atoms with Crippen molar-refractivity contribution in [1.82, 2.24) is 14.9 Å². The van der Waals surface area contributed by atoms with Gasteiger partial charge in [-0.05, 0) is 67.6 Å². The number of nitrogens with one attached hydrogen (secondary N) is 2. The Morgan fingerprint density at radius 1 is 0.865 bits per heavy atom. The first-order valence-electron chi connectivity index (χ1n) is 13.0. The molecule has 198 valence electrons. The standard InChI is InChI=1S/C30H39N3O3S/c1-4-5-9-25-14-18-29(19-15-25)37(35,36)32-22-26-12-16-28(17-13-26)30(34)31-20-21-33(24(2)3)23-27-10-7-6-8-11-27/h6-8,10-19,24,32H,4-5,9,20-23H2,1-3H3,(H,31,34). The van der Waals surface area contributed by atoms with E-state index in [9.17, 15) is 13.2 Å². The molecule has 3 rings (SSSR count). The molecule has 0 radical (unpaired) electrons. The predicted octanol–water partition coefficient (Wildman–Crippen LogP) is 5.15. The van der Waals surface area contributed by atoms with Gasteiger partial charge < -0.3 is 5.32 Å². The summed E-state index contributed by atoms with van der Waals surface area (Å²) < 4.78 is 28.0. The molecule has 3 aromatic carbocycles. The third-order valence-electron chi connectivity index (χ3n) is 6.38. The Hall–Kier alpha value is -3.00. The first kappa shape index (κ1) is 28.6. The van der Waals surface area contributed by atoms with Gasteiger partial charge in [0.15, 0.2) is 0 Å². The molecule has 0 aliphatic heterocycles. The number of rotatable bonds is 14. The highest BCUT2D eigenvalue weighted by molar-refractivity contribution is 7.89.